The van der Waals surface area contributed by atoms with Crippen LogP contribution in [0, 0.1) is 28.6 Å². The van der Waals surface area contributed by atoms with Crippen LogP contribution in [0.5, 0.6) is 0 Å². The minimum Gasteiger partial charge on any atom is -0.446 e. The van der Waals surface area contributed by atoms with E-state index in [-0.39, 0.29) is 24.7 Å². The van der Waals surface area contributed by atoms with Gasteiger partial charge in [0.1, 0.15) is 6.10 Å². The maximum absolute atomic E-state index is 12.5. The molecule has 7 nitrogen and oxygen atoms in total. The van der Waals surface area contributed by atoms with Crippen molar-refractivity contribution in [2.45, 2.75) is 77.2 Å². The minimum atomic E-state index is -0.273. The molecule has 3 saturated carbocycles. The van der Waals surface area contributed by atoms with E-state index in [1.165, 1.54) is 25.7 Å². The minimum absolute atomic E-state index is 0. The van der Waals surface area contributed by atoms with Crippen molar-refractivity contribution in [3.8, 4) is 0 Å². The maximum Gasteiger partial charge on any atom is 0.407 e. The molecule has 1 amide bonds. The number of morpholine rings is 1. The summed E-state index contributed by atoms with van der Waals surface area (Å²) in [6, 6.07) is 3.54. The second-order valence-electron chi connectivity index (χ2n) is 13.0. The molecule has 4 aliphatic carbocycles. The Morgan fingerprint density at radius 3 is 2.79 bits per heavy atom. The Labute approximate surface area is 227 Å². The predicted molar refractivity (Wildman–Crippen MR) is 147 cm³/mol. The number of nitrogens with zero attached hydrogens (tertiary/aromatic N) is 1. The number of alkyl carbamates (subject to hydrolysis) is 1. The fourth-order valence-electron chi connectivity index (χ4n) is 9.06. The molecule has 0 bridgehead atoms. The lowest BCUT2D eigenvalue weighted by Crippen LogP contribution is -2.52. The molecule has 5 aliphatic rings. The van der Waals surface area contributed by atoms with Gasteiger partial charge in [0.25, 0.3) is 0 Å². The topological polar surface area (TPSA) is 81.0 Å². The number of ether oxygens (including phenoxy) is 2. The molecule has 0 radical (unpaired) electrons. The van der Waals surface area contributed by atoms with E-state index in [0.29, 0.717) is 35.6 Å². The third-order valence-electron chi connectivity index (χ3n) is 11.2. The molecule has 4 fully saturated rings. The zero-order valence-electron chi connectivity index (χ0n) is 23.1. The summed E-state index contributed by atoms with van der Waals surface area (Å²) in [6.45, 7) is 9.88. The zero-order chi connectivity index (χ0) is 26.3. The molecule has 2 heterocycles. The van der Waals surface area contributed by atoms with Crippen molar-refractivity contribution in [2.75, 3.05) is 39.4 Å². The lowest BCUT2D eigenvalue weighted by Gasteiger charge is -2.59. The summed E-state index contributed by atoms with van der Waals surface area (Å²) in [6.07, 6.45) is 13.1. The second kappa shape index (κ2) is 10.5. The first-order chi connectivity index (χ1) is 18.4. The average molecular weight is 527 g/mol. The highest BCUT2D eigenvalue weighted by molar-refractivity contribution is 5.67. The molecule has 1 aromatic rings. The first kappa shape index (κ1) is 26.1. The van der Waals surface area contributed by atoms with E-state index in [1.807, 2.05) is 6.07 Å². The molecule has 0 aromatic carbocycles. The summed E-state index contributed by atoms with van der Waals surface area (Å²) in [5.74, 6) is 2.38. The highest BCUT2D eigenvalue weighted by Gasteiger charge is 2.58. The van der Waals surface area contributed by atoms with Crippen LogP contribution in [0.15, 0.2) is 39.3 Å². The van der Waals surface area contributed by atoms with Gasteiger partial charge in [-0.2, -0.15) is 0 Å². The molecule has 7 heteroatoms. The number of rotatable bonds is 5. The first-order valence-corrected chi connectivity index (χ1v) is 14.9. The van der Waals surface area contributed by atoms with Crippen LogP contribution in [-0.2, 0) is 9.47 Å². The SMILES string of the molecule is C[C@]12CC[C@H]3[C@@H](CCC4C[C@@H](OC(=O)NCCN5CCOCC5)CC[C@@]43C)C1=CC[C@@H]2c1ccc(=O)oc1.[HH]. The third-order valence-corrected chi connectivity index (χ3v) is 11.2. The number of nitrogens with one attached hydrogen (secondary N) is 1. The Morgan fingerprint density at radius 1 is 1.16 bits per heavy atom. The predicted octanol–water partition coefficient (Wildman–Crippen LogP) is 5.36. The Bertz CT molecular complexity index is 1100. The van der Waals surface area contributed by atoms with E-state index in [1.54, 1.807) is 17.9 Å². The van der Waals surface area contributed by atoms with Gasteiger partial charge in [-0.1, -0.05) is 25.5 Å². The van der Waals surface area contributed by atoms with Gasteiger partial charge in [0.15, 0.2) is 0 Å². The fourth-order valence-corrected chi connectivity index (χ4v) is 9.06. The van der Waals surface area contributed by atoms with Gasteiger partial charge in [-0.05, 0) is 97.5 Å². The number of hydrogen-bond donors (Lipinski definition) is 1. The molecule has 38 heavy (non-hydrogen) atoms. The molecular weight excluding hydrogens is 480 g/mol. The third kappa shape index (κ3) is 4.74. The van der Waals surface area contributed by atoms with Gasteiger partial charge < -0.3 is 19.2 Å². The normalized spacial score (nSPS) is 38.9. The Balaban J connectivity index is 0.00000308. The molecular formula is C31H46N2O5. The Kier molecular flexibility index (Phi) is 7.19. The molecule has 1 saturated heterocycles. The van der Waals surface area contributed by atoms with E-state index in [4.69, 9.17) is 13.9 Å². The molecule has 1 N–H and O–H groups in total. The monoisotopic (exact) mass is 526 g/mol. The van der Waals surface area contributed by atoms with Gasteiger partial charge in [-0.15, -0.1) is 0 Å². The average Bonchev–Trinajstić information content (AvgIpc) is 3.27. The summed E-state index contributed by atoms with van der Waals surface area (Å²) in [4.78, 5) is 26.4. The van der Waals surface area contributed by atoms with Crippen LogP contribution < -0.4 is 10.9 Å². The Morgan fingerprint density at radius 2 is 2.00 bits per heavy atom. The number of fused-ring (bicyclic) bond motifs is 5. The van der Waals surface area contributed by atoms with Crippen molar-refractivity contribution >= 4 is 6.09 Å². The molecule has 7 atom stereocenters. The van der Waals surface area contributed by atoms with Gasteiger partial charge in [-0.3, -0.25) is 4.90 Å². The number of amides is 1. The summed E-state index contributed by atoms with van der Waals surface area (Å²) in [5, 5.41) is 2.98. The highest BCUT2D eigenvalue weighted by atomic mass is 16.6. The van der Waals surface area contributed by atoms with Gasteiger partial charge >= 0.3 is 11.7 Å². The fraction of sp³-hybridized carbons (Fsp3) is 0.742. The second-order valence-corrected chi connectivity index (χ2v) is 13.0. The van der Waals surface area contributed by atoms with Crippen molar-refractivity contribution in [2.24, 2.45) is 28.6 Å². The number of carbonyl (C=O) groups is 1. The van der Waals surface area contributed by atoms with Gasteiger partial charge in [0.2, 0.25) is 0 Å². The number of carbonyl (C=O) groups excluding carboxylic acids is 1. The molecule has 1 unspecified atom stereocenters. The quantitative estimate of drug-likeness (QED) is 0.521. The van der Waals surface area contributed by atoms with Crippen molar-refractivity contribution in [1.29, 1.82) is 0 Å². The largest absolute Gasteiger partial charge is 0.446 e. The van der Waals surface area contributed by atoms with Crippen molar-refractivity contribution < 1.29 is 20.1 Å². The number of allylic oxidation sites excluding steroid dienone is 2. The van der Waals surface area contributed by atoms with Crippen LogP contribution in [-0.4, -0.2) is 56.5 Å². The van der Waals surface area contributed by atoms with E-state index in [9.17, 15) is 9.59 Å². The summed E-state index contributed by atoms with van der Waals surface area (Å²) < 4.78 is 16.6. The summed E-state index contributed by atoms with van der Waals surface area (Å²) in [7, 11) is 0. The van der Waals surface area contributed by atoms with Crippen LogP contribution in [0.4, 0.5) is 4.79 Å². The summed E-state index contributed by atoms with van der Waals surface area (Å²) >= 11 is 0. The molecule has 1 aromatic heterocycles. The van der Waals surface area contributed by atoms with Crippen molar-refractivity contribution in [3.63, 3.8) is 0 Å². The maximum atomic E-state index is 12.5. The number of hydrogen-bond acceptors (Lipinski definition) is 6. The van der Waals surface area contributed by atoms with Crippen LogP contribution in [0.25, 0.3) is 0 Å². The molecule has 210 valence electrons. The van der Waals surface area contributed by atoms with Crippen molar-refractivity contribution in [3.05, 3.63) is 46.0 Å². The van der Waals surface area contributed by atoms with Crippen LogP contribution in [0.3, 0.4) is 0 Å². The van der Waals surface area contributed by atoms with E-state index in [0.717, 1.165) is 64.1 Å². The van der Waals surface area contributed by atoms with Crippen molar-refractivity contribution in [1.82, 2.24) is 10.2 Å². The first-order valence-electron chi connectivity index (χ1n) is 14.9. The summed E-state index contributed by atoms with van der Waals surface area (Å²) in [5.41, 5.74) is 3.03. The van der Waals surface area contributed by atoms with Crippen LogP contribution in [0.2, 0.25) is 0 Å². The smallest absolute Gasteiger partial charge is 0.407 e. The lowest BCUT2D eigenvalue weighted by molar-refractivity contribution is -0.0842. The Hall–Kier alpha value is -2.12. The standard InChI is InChI=1S/C31H44N2O5.H2/c1-30-11-9-23(38-29(35)32-13-14-33-15-17-36-18-16-33)19-22(30)4-5-24-26-7-6-25(21-3-8-28(34)37-20-21)31(26,2)12-10-27(24)30;/h3,7-8,20,22-25,27H,4-6,9-19H2,1-2H3,(H,32,35);1H/t22?,23-,24-,25+,27-,30-,31+;/m0./s1. The molecule has 6 rings (SSSR count). The highest BCUT2D eigenvalue weighted by Crippen LogP contribution is 2.67. The van der Waals surface area contributed by atoms with Gasteiger partial charge in [-0.25, -0.2) is 9.59 Å². The molecule has 0 spiro atoms. The van der Waals surface area contributed by atoms with Gasteiger partial charge in [0, 0.05) is 33.7 Å². The van der Waals surface area contributed by atoms with Crippen LogP contribution >= 0.6 is 0 Å². The van der Waals surface area contributed by atoms with E-state index in [2.05, 4.69) is 30.1 Å². The van der Waals surface area contributed by atoms with Crippen LogP contribution in [0.1, 0.15) is 78.1 Å². The van der Waals surface area contributed by atoms with E-state index < -0.39 is 0 Å². The zero-order valence-corrected chi connectivity index (χ0v) is 23.1. The molecule has 1 aliphatic heterocycles. The van der Waals surface area contributed by atoms with E-state index >= 15 is 0 Å². The lowest BCUT2D eigenvalue weighted by atomic mass is 9.46. The van der Waals surface area contributed by atoms with Gasteiger partial charge in [0.05, 0.1) is 19.5 Å².